The molecule has 6 heteroatoms. The summed E-state index contributed by atoms with van der Waals surface area (Å²) in [6.45, 7) is 2.47. The summed E-state index contributed by atoms with van der Waals surface area (Å²) in [5, 5.41) is 0. The lowest BCUT2D eigenvalue weighted by Crippen LogP contribution is -2.39. The molecule has 1 spiro atoms. The van der Waals surface area contributed by atoms with E-state index in [9.17, 15) is 9.59 Å². The lowest BCUT2D eigenvalue weighted by Gasteiger charge is -2.27. The number of ether oxygens (including phenoxy) is 2. The van der Waals surface area contributed by atoms with Crippen molar-refractivity contribution in [3.05, 3.63) is 46.5 Å². The molecule has 0 aromatic heterocycles. The molecule has 1 aromatic rings. The van der Waals surface area contributed by atoms with E-state index in [-0.39, 0.29) is 24.0 Å². The molecular formula is C18H18BrNO4. The van der Waals surface area contributed by atoms with Crippen LogP contribution in [0.4, 0.5) is 0 Å². The summed E-state index contributed by atoms with van der Waals surface area (Å²) >= 11 is 3.43. The smallest absolute Gasteiger partial charge is 0.312 e. The monoisotopic (exact) mass is 391 g/mol. The van der Waals surface area contributed by atoms with Gasteiger partial charge in [-0.25, -0.2) is 0 Å². The van der Waals surface area contributed by atoms with E-state index in [0.29, 0.717) is 6.54 Å². The molecule has 2 fully saturated rings. The van der Waals surface area contributed by atoms with Gasteiger partial charge in [0.25, 0.3) is 0 Å². The first-order valence-electron chi connectivity index (χ1n) is 7.98. The van der Waals surface area contributed by atoms with Crippen LogP contribution in [0.3, 0.4) is 0 Å². The number of nitrogens with zero attached hydrogens (tertiary/aromatic N) is 1. The quantitative estimate of drug-likeness (QED) is 0.586. The maximum Gasteiger partial charge on any atom is 0.312 e. The molecule has 3 aliphatic rings. The molecule has 3 heterocycles. The minimum Gasteiger partial charge on any atom is -0.469 e. The van der Waals surface area contributed by atoms with Gasteiger partial charge in [-0.2, -0.15) is 0 Å². The Balaban J connectivity index is 1.65. The number of amides is 1. The first-order chi connectivity index (χ1) is 11.5. The van der Waals surface area contributed by atoms with Crippen molar-refractivity contribution in [2.45, 2.75) is 24.7 Å². The second kappa shape index (κ2) is 5.43. The standard InChI is InChI=1S/C18H18BrNO4/c1-10(11-3-5-12(19)6-4-11)20-9-18-8-7-13(24-18)14(17(22)23-2)15(18)16(20)21/h3-8,10,13-15H,9H2,1-2H3/t10-,13+,14+,15-,18-/m1/s1. The summed E-state index contributed by atoms with van der Waals surface area (Å²) in [7, 11) is 1.35. The van der Waals surface area contributed by atoms with Gasteiger partial charge in [0.05, 0.1) is 31.7 Å². The average molecular weight is 392 g/mol. The Kier molecular flexibility index (Phi) is 3.58. The average Bonchev–Trinajstić information content (AvgIpc) is 3.22. The summed E-state index contributed by atoms with van der Waals surface area (Å²) < 4.78 is 11.9. The van der Waals surface area contributed by atoms with Gasteiger partial charge in [0.1, 0.15) is 11.5 Å². The predicted molar refractivity (Wildman–Crippen MR) is 90.0 cm³/mol. The fourth-order valence-electron chi connectivity index (χ4n) is 4.18. The Labute approximate surface area is 148 Å². The maximum atomic E-state index is 13.1. The van der Waals surface area contributed by atoms with E-state index in [0.717, 1.165) is 10.0 Å². The Morgan fingerprint density at radius 2 is 2.12 bits per heavy atom. The van der Waals surface area contributed by atoms with Crippen LogP contribution in [-0.2, 0) is 19.1 Å². The highest BCUT2D eigenvalue weighted by Gasteiger charge is 2.67. The number of benzene rings is 1. The van der Waals surface area contributed by atoms with Crippen molar-refractivity contribution in [1.29, 1.82) is 0 Å². The zero-order valence-electron chi connectivity index (χ0n) is 13.4. The molecule has 0 saturated carbocycles. The zero-order chi connectivity index (χ0) is 17.1. The van der Waals surface area contributed by atoms with Crippen molar-refractivity contribution in [2.75, 3.05) is 13.7 Å². The molecule has 0 N–H and O–H groups in total. The van der Waals surface area contributed by atoms with Crippen LogP contribution >= 0.6 is 15.9 Å². The fraction of sp³-hybridized carbons (Fsp3) is 0.444. The van der Waals surface area contributed by atoms with Gasteiger partial charge in [0, 0.05) is 4.47 Å². The van der Waals surface area contributed by atoms with Gasteiger partial charge in [-0.3, -0.25) is 9.59 Å². The summed E-state index contributed by atoms with van der Waals surface area (Å²) in [5.74, 6) is -1.44. The first kappa shape index (κ1) is 15.8. The third-order valence-electron chi connectivity index (χ3n) is 5.42. The van der Waals surface area contributed by atoms with E-state index < -0.39 is 17.4 Å². The molecule has 126 valence electrons. The van der Waals surface area contributed by atoms with Gasteiger partial charge in [-0.05, 0) is 24.6 Å². The summed E-state index contributed by atoms with van der Waals surface area (Å²) in [6, 6.07) is 7.84. The molecule has 1 aromatic carbocycles. The molecule has 5 nitrogen and oxygen atoms in total. The normalized spacial score (nSPS) is 34.5. The molecule has 4 rings (SSSR count). The van der Waals surface area contributed by atoms with Crippen LogP contribution in [0, 0.1) is 11.8 Å². The molecular weight excluding hydrogens is 374 g/mol. The van der Waals surface area contributed by atoms with Crippen molar-refractivity contribution in [3.63, 3.8) is 0 Å². The van der Waals surface area contributed by atoms with Crippen molar-refractivity contribution in [3.8, 4) is 0 Å². The molecule has 5 atom stereocenters. The first-order valence-corrected chi connectivity index (χ1v) is 8.77. The summed E-state index contributed by atoms with van der Waals surface area (Å²) in [5.41, 5.74) is 0.362. The molecule has 2 bridgehead atoms. The van der Waals surface area contributed by atoms with Crippen LogP contribution in [0.2, 0.25) is 0 Å². The Hall–Kier alpha value is -1.66. The van der Waals surface area contributed by atoms with Crippen molar-refractivity contribution >= 4 is 27.8 Å². The van der Waals surface area contributed by atoms with E-state index >= 15 is 0 Å². The van der Waals surface area contributed by atoms with Gasteiger partial charge in [-0.1, -0.05) is 40.2 Å². The van der Waals surface area contributed by atoms with Gasteiger partial charge in [-0.15, -0.1) is 0 Å². The highest BCUT2D eigenvalue weighted by Crippen LogP contribution is 2.53. The molecule has 1 amide bonds. The minimum absolute atomic E-state index is 0.0346. The molecule has 0 unspecified atom stereocenters. The molecule has 3 aliphatic heterocycles. The van der Waals surface area contributed by atoms with Gasteiger partial charge < -0.3 is 14.4 Å². The lowest BCUT2D eigenvalue weighted by atomic mass is 9.77. The predicted octanol–water partition coefficient (Wildman–Crippen LogP) is 2.47. The van der Waals surface area contributed by atoms with E-state index in [1.54, 1.807) is 0 Å². The number of hydrogen-bond acceptors (Lipinski definition) is 4. The lowest BCUT2D eigenvalue weighted by molar-refractivity contribution is -0.151. The van der Waals surface area contributed by atoms with Crippen LogP contribution in [0.1, 0.15) is 18.5 Å². The van der Waals surface area contributed by atoms with E-state index in [2.05, 4.69) is 15.9 Å². The number of carbonyl (C=O) groups excluding carboxylic acids is 2. The van der Waals surface area contributed by atoms with Crippen LogP contribution in [-0.4, -0.2) is 42.1 Å². The van der Waals surface area contributed by atoms with Gasteiger partial charge in [0.2, 0.25) is 5.91 Å². The number of likely N-dealkylation sites (tertiary alicyclic amines) is 1. The number of carbonyl (C=O) groups is 2. The third kappa shape index (κ3) is 2.09. The highest BCUT2D eigenvalue weighted by atomic mass is 79.9. The van der Waals surface area contributed by atoms with E-state index in [1.165, 1.54) is 7.11 Å². The topological polar surface area (TPSA) is 55.8 Å². The van der Waals surface area contributed by atoms with Crippen LogP contribution < -0.4 is 0 Å². The number of fused-ring (bicyclic) bond motifs is 1. The second-order valence-electron chi connectivity index (χ2n) is 6.62. The Morgan fingerprint density at radius 1 is 1.42 bits per heavy atom. The summed E-state index contributed by atoms with van der Waals surface area (Å²) in [4.78, 5) is 27.1. The van der Waals surface area contributed by atoms with Crippen LogP contribution in [0.25, 0.3) is 0 Å². The zero-order valence-corrected chi connectivity index (χ0v) is 15.0. The highest BCUT2D eigenvalue weighted by molar-refractivity contribution is 9.10. The SMILES string of the molecule is COC(=O)[C@H]1[C@@H]2C=C[C@]3(CN([C@H](C)c4ccc(Br)cc4)C(=O)[C@@H]13)O2. The molecule has 2 saturated heterocycles. The number of methoxy groups -OCH3 is 1. The third-order valence-corrected chi connectivity index (χ3v) is 5.95. The van der Waals surface area contributed by atoms with Crippen molar-refractivity contribution in [2.24, 2.45) is 11.8 Å². The number of esters is 1. The van der Waals surface area contributed by atoms with Crippen molar-refractivity contribution in [1.82, 2.24) is 4.90 Å². The number of halogens is 1. The summed E-state index contributed by atoms with van der Waals surface area (Å²) in [6.07, 6.45) is 3.49. The largest absolute Gasteiger partial charge is 0.469 e. The van der Waals surface area contributed by atoms with Gasteiger partial charge in [0.15, 0.2) is 0 Å². The maximum absolute atomic E-state index is 13.1. The van der Waals surface area contributed by atoms with Crippen LogP contribution in [0.15, 0.2) is 40.9 Å². The Bertz CT molecular complexity index is 731. The number of rotatable bonds is 3. The number of hydrogen-bond donors (Lipinski definition) is 0. The second-order valence-corrected chi connectivity index (χ2v) is 7.53. The molecule has 0 radical (unpaired) electrons. The molecule has 24 heavy (non-hydrogen) atoms. The van der Waals surface area contributed by atoms with E-state index in [4.69, 9.17) is 9.47 Å². The van der Waals surface area contributed by atoms with E-state index in [1.807, 2.05) is 48.2 Å². The van der Waals surface area contributed by atoms with Crippen molar-refractivity contribution < 1.29 is 19.1 Å². The molecule has 0 aliphatic carbocycles. The Morgan fingerprint density at radius 3 is 2.79 bits per heavy atom. The van der Waals surface area contributed by atoms with Gasteiger partial charge >= 0.3 is 5.97 Å². The fourth-order valence-corrected chi connectivity index (χ4v) is 4.45. The minimum atomic E-state index is -0.690. The van der Waals surface area contributed by atoms with Crippen LogP contribution in [0.5, 0.6) is 0 Å².